The predicted molar refractivity (Wildman–Crippen MR) is 53.3 cm³/mol. The summed E-state index contributed by atoms with van der Waals surface area (Å²) in [4.78, 5) is 0. The minimum absolute atomic E-state index is 0.0503. The minimum Gasteiger partial charge on any atom is -0.504 e. The Morgan fingerprint density at radius 1 is 1.15 bits per heavy atom. The molecule has 0 heterocycles. The fourth-order valence-corrected chi connectivity index (χ4v) is 1.11. The van der Waals surface area contributed by atoms with Gasteiger partial charge in [-0.3, -0.25) is 0 Å². The summed E-state index contributed by atoms with van der Waals surface area (Å²) in [6, 6.07) is 3.75. The van der Waals surface area contributed by atoms with Crippen LogP contribution in [-0.2, 0) is 0 Å². The third kappa shape index (κ3) is 2.05. The van der Waals surface area contributed by atoms with Gasteiger partial charge in [-0.15, -0.1) is 0 Å². The van der Waals surface area contributed by atoms with Crippen molar-refractivity contribution in [2.75, 3.05) is 5.32 Å². The van der Waals surface area contributed by atoms with Crippen molar-refractivity contribution in [1.82, 2.24) is 0 Å². The summed E-state index contributed by atoms with van der Waals surface area (Å²) >= 11 is 0. The zero-order valence-corrected chi connectivity index (χ0v) is 8.13. The van der Waals surface area contributed by atoms with Crippen LogP contribution in [-0.4, -0.2) is 16.3 Å². The summed E-state index contributed by atoms with van der Waals surface area (Å²) in [7, 11) is 0. The number of benzene rings is 1. The van der Waals surface area contributed by atoms with E-state index in [9.17, 15) is 10.2 Å². The molecular formula is C10H15NO2. The summed E-state index contributed by atoms with van der Waals surface area (Å²) in [6.07, 6.45) is 0. The largest absolute Gasteiger partial charge is 0.504 e. The molecule has 0 unspecified atom stereocenters. The Bertz CT molecular complexity index is 308. The van der Waals surface area contributed by atoms with Gasteiger partial charge in [0.2, 0.25) is 0 Å². The lowest BCUT2D eigenvalue weighted by molar-refractivity contribution is 0.402. The highest BCUT2D eigenvalue weighted by Gasteiger charge is 2.08. The number of phenols is 2. The summed E-state index contributed by atoms with van der Waals surface area (Å²) in [5.41, 5.74) is 1.24. The molecule has 1 rings (SSSR count). The van der Waals surface area contributed by atoms with Crippen molar-refractivity contribution in [3.05, 3.63) is 17.7 Å². The van der Waals surface area contributed by atoms with E-state index in [4.69, 9.17) is 0 Å². The molecule has 0 bridgehead atoms. The Labute approximate surface area is 78.0 Å². The lowest BCUT2D eigenvalue weighted by Gasteiger charge is -2.13. The van der Waals surface area contributed by atoms with E-state index in [1.807, 2.05) is 13.8 Å². The molecule has 1 aromatic rings. The van der Waals surface area contributed by atoms with Crippen LogP contribution in [0.2, 0.25) is 0 Å². The Hall–Kier alpha value is -1.38. The second-order valence-corrected chi connectivity index (χ2v) is 3.43. The van der Waals surface area contributed by atoms with Crippen molar-refractivity contribution in [3.63, 3.8) is 0 Å². The number of nitrogens with one attached hydrogen (secondary N) is 1. The normalized spacial score (nSPS) is 10.5. The van der Waals surface area contributed by atoms with Crippen molar-refractivity contribution in [2.45, 2.75) is 26.8 Å². The lowest BCUT2D eigenvalue weighted by Crippen LogP contribution is -2.09. The minimum atomic E-state index is -0.0753. The van der Waals surface area contributed by atoms with E-state index in [0.29, 0.717) is 11.3 Å². The van der Waals surface area contributed by atoms with Crippen LogP contribution in [0.5, 0.6) is 11.5 Å². The molecule has 0 fully saturated rings. The van der Waals surface area contributed by atoms with Gasteiger partial charge in [-0.2, -0.15) is 0 Å². The highest BCUT2D eigenvalue weighted by Crippen LogP contribution is 2.35. The summed E-state index contributed by atoms with van der Waals surface area (Å²) < 4.78 is 0. The zero-order valence-electron chi connectivity index (χ0n) is 8.13. The molecule has 13 heavy (non-hydrogen) atoms. The van der Waals surface area contributed by atoms with Crippen LogP contribution in [0, 0.1) is 6.92 Å². The molecule has 0 atom stereocenters. The molecule has 0 aliphatic rings. The van der Waals surface area contributed by atoms with Crippen molar-refractivity contribution < 1.29 is 10.2 Å². The van der Waals surface area contributed by atoms with Gasteiger partial charge in [0.15, 0.2) is 11.5 Å². The van der Waals surface area contributed by atoms with E-state index >= 15 is 0 Å². The van der Waals surface area contributed by atoms with E-state index in [1.165, 1.54) is 0 Å². The van der Waals surface area contributed by atoms with Gasteiger partial charge >= 0.3 is 0 Å². The van der Waals surface area contributed by atoms with Crippen LogP contribution in [0.1, 0.15) is 19.4 Å². The zero-order chi connectivity index (χ0) is 10.0. The molecule has 3 heteroatoms. The second kappa shape index (κ2) is 3.56. The monoisotopic (exact) mass is 181 g/mol. The van der Waals surface area contributed by atoms with Crippen molar-refractivity contribution in [3.8, 4) is 11.5 Å². The number of hydrogen-bond acceptors (Lipinski definition) is 3. The average molecular weight is 181 g/mol. The third-order valence-electron chi connectivity index (χ3n) is 1.80. The van der Waals surface area contributed by atoms with E-state index in [1.54, 1.807) is 19.1 Å². The summed E-state index contributed by atoms with van der Waals surface area (Å²) in [6.45, 7) is 5.68. The number of aryl methyl sites for hydroxylation is 1. The van der Waals surface area contributed by atoms with Gasteiger partial charge in [0.25, 0.3) is 0 Å². The van der Waals surface area contributed by atoms with Crippen LogP contribution in [0.15, 0.2) is 12.1 Å². The van der Waals surface area contributed by atoms with Crippen LogP contribution < -0.4 is 5.32 Å². The van der Waals surface area contributed by atoms with Crippen LogP contribution in [0.3, 0.4) is 0 Å². The molecular weight excluding hydrogens is 166 g/mol. The molecule has 0 aliphatic carbocycles. The van der Waals surface area contributed by atoms with Crippen molar-refractivity contribution >= 4 is 5.69 Å². The quantitative estimate of drug-likeness (QED) is 0.613. The highest BCUT2D eigenvalue weighted by atomic mass is 16.3. The molecule has 0 spiro atoms. The first-order chi connectivity index (χ1) is 6.02. The van der Waals surface area contributed by atoms with Crippen LogP contribution in [0.25, 0.3) is 0 Å². The van der Waals surface area contributed by atoms with Gasteiger partial charge in [0.1, 0.15) is 0 Å². The number of rotatable bonds is 2. The first kappa shape index (κ1) is 9.71. The topological polar surface area (TPSA) is 52.5 Å². The van der Waals surface area contributed by atoms with Gasteiger partial charge in [0.05, 0.1) is 5.69 Å². The predicted octanol–water partition coefficient (Wildman–Crippen LogP) is 2.23. The summed E-state index contributed by atoms with van der Waals surface area (Å²) in [5.74, 6) is -0.126. The Morgan fingerprint density at radius 2 is 1.77 bits per heavy atom. The average Bonchev–Trinajstić information content (AvgIpc) is 2.06. The number of phenolic OH excluding ortho intramolecular Hbond substituents is 2. The summed E-state index contributed by atoms with van der Waals surface area (Å²) in [5, 5.41) is 22.0. The molecule has 3 nitrogen and oxygen atoms in total. The van der Waals surface area contributed by atoms with E-state index in [-0.39, 0.29) is 17.5 Å². The molecule has 0 aliphatic heterocycles. The molecule has 0 saturated heterocycles. The first-order valence-electron chi connectivity index (χ1n) is 4.30. The van der Waals surface area contributed by atoms with E-state index < -0.39 is 0 Å². The molecule has 72 valence electrons. The molecule has 0 amide bonds. The molecule has 0 saturated carbocycles. The first-order valence-corrected chi connectivity index (χ1v) is 4.30. The maximum Gasteiger partial charge on any atom is 0.181 e. The fraction of sp³-hybridized carbons (Fsp3) is 0.400. The van der Waals surface area contributed by atoms with Gasteiger partial charge in [-0.05, 0) is 32.4 Å². The number of anilines is 1. The van der Waals surface area contributed by atoms with Gasteiger partial charge < -0.3 is 15.5 Å². The Balaban J connectivity index is 3.04. The van der Waals surface area contributed by atoms with E-state index in [2.05, 4.69) is 5.32 Å². The van der Waals surface area contributed by atoms with Gasteiger partial charge in [0, 0.05) is 6.04 Å². The smallest absolute Gasteiger partial charge is 0.181 e. The van der Waals surface area contributed by atoms with E-state index in [0.717, 1.165) is 0 Å². The highest BCUT2D eigenvalue weighted by molar-refractivity contribution is 5.64. The number of aromatic hydroxyl groups is 2. The molecule has 0 aromatic heterocycles. The Morgan fingerprint density at radius 3 is 2.31 bits per heavy atom. The number of hydrogen-bond donors (Lipinski definition) is 3. The van der Waals surface area contributed by atoms with Gasteiger partial charge in [-0.1, -0.05) is 6.07 Å². The maximum atomic E-state index is 9.51. The SMILES string of the molecule is Cc1ccc(NC(C)C)c(O)c1O. The Kier molecular flexibility index (Phi) is 2.66. The van der Waals surface area contributed by atoms with Crippen molar-refractivity contribution in [1.29, 1.82) is 0 Å². The standard InChI is InChI=1S/C10H15NO2/c1-6(2)11-8-5-4-7(3)9(12)10(8)13/h4-6,11-13H,1-3H3. The third-order valence-corrected chi connectivity index (χ3v) is 1.80. The second-order valence-electron chi connectivity index (χ2n) is 3.43. The van der Waals surface area contributed by atoms with Crippen LogP contribution in [0.4, 0.5) is 5.69 Å². The fourth-order valence-electron chi connectivity index (χ4n) is 1.11. The van der Waals surface area contributed by atoms with Crippen molar-refractivity contribution in [2.24, 2.45) is 0 Å². The lowest BCUT2D eigenvalue weighted by atomic mass is 10.1. The van der Waals surface area contributed by atoms with Crippen LogP contribution >= 0.6 is 0 Å². The molecule has 3 N–H and O–H groups in total. The maximum absolute atomic E-state index is 9.51. The van der Waals surface area contributed by atoms with Gasteiger partial charge in [-0.25, -0.2) is 0 Å². The molecule has 1 aromatic carbocycles. The molecule has 0 radical (unpaired) electrons.